The molecule has 5 N–H and O–H groups in total. The molecule has 206 valence electrons. The molecule has 9 nitrogen and oxygen atoms in total. The van der Waals surface area contributed by atoms with Crippen molar-refractivity contribution in [3.05, 3.63) is 48.0 Å². The number of amides is 3. The first-order chi connectivity index (χ1) is 18.1. The van der Waals surface area contributed by atoms with Crippen LogP contribution in [0, 0.1) is 11.8 Å². The number of nitrogens with one attached hydrogen (secondary N) is 3. The van der Waals surface area contributed by atoms with Crippen LogP contribution in [0.4, 0.5) is 0 Å². The lowest BCUT2D eigenvalue weighted by Crippen LogP contribution is -2.54. The molecule has 2 aromatic carbocycles. The van der Waals surface area contributed by atoms with Crippen LogP contribution in [0.3, 0.4) is 0 Å². The quantitative estimate of drug-likeness (QED) is 0.207. The maximum atomic E-state index is 13.2. The maximum absolute atomic E-state index is 13.2. The second-order valence-electron chi connectivity index (χ2n) is 9.92. The number of ether oxygens (including phenoxy) is 2. The van der Waals surface area contributed by atoms with Gasteiger partial charge in [-0.3, -0.25) is 14.4 Å². The maximum Gasteiger partial charge on any atom is 0.251 e. The number of carbonyl (C=O) groups is 3. The van der Waals surface area contributed by atoms with Gasteiger partial charge in [0.25, 0.3) is 5.91 Å². The van der Waals surface area contributed by atoms with Gasteiger partial charge in [0, 0.05) is 18.0 Å². The van der Waals surface area contributed by atoms with Crippen molar-refractivity contribution >= 4 is 30.4 Å². The molecule has 1 aliphatic rings. The molecule has 1 saturated heterocycles. The van der Waals surface area contributed by atoms with E-state index in [0.717, 1.165) is 11.1 Å². The van der Waals surface area contributed by atoms with Crippen LogP contribution in [0.15, 0.2) is 42.5 Å². The smallest absolute Gasteiger partial charge is 0.251 e. The Kier molecular flexibility index (Phi) is 10.4. The second kappa shape index (κ2) is 13.5. The first kappa shape index (κ1) is 29.3. The van der Waals surface area contributed by atoms with Crippen LogP contribution in [-0.2, 0) is 9.59 Å². The monoisotopic (exact) mass is 542 g/mol. The number of rotatable bonds is 12. The molecule has 0 spiro atoms. The summed E-state index contributed by atoms with van der Waals surface area (Å²) < 4.78 is 10.7. The Morgan fingerprint density at radius 3 is 2.26 bits per heavy atom. The summed E-state index contributed by atoms with van der Waals surface area (Å²) >= 11 is 4.33. The molecular formula is C28H38N4O5S. The van der Waals surface area contributed by atoms with Crippen LogP contribution in [0.5, 0.6) is 11.5 Å². The van der Waals surface area contributed by atoms with Gasteiger partial charge in [-0.05, 0) is 60.6 Å². The summed E-state index contributed by atoms with van der Waals surface area (Å²) in [6.45, 7) is 4.58. The van der Waals surface area contributed by atoms with E-state index in [0.29, 0.717) is 42.9 Å². The molecule has 3 rings (SSSR count). The van der Waals surface area contributed by atoms with E-state index < -0.39 is 17.5 Å². The van der Waals surface area contributed by atoms with Crippen molar-refractivity contribution in [1.29, 1.82) is 0 Å². The molecule has 0 radical (unpaired) electrons. The molecule has 1 aliphatic heterocycles. The van der Waals surface area contributed by atoms with E-state index in [-0.39, 0.29) is 29.6 Å². The van der Waals surface area contributed by atoms with Gasteiger partial charge >= 0.3 is 0 Å². The summed E-state index contributed by atoms with van der Waals surface area (Å²) in [4.78, 5) is 38.3. The average Bonchev–Trinajstić information content (AvgIpc) is 3.31. The van der Waals surface area contributed by atoms with Crippen molar-refractivity contribution in [3.63, 3.8) is 0 Å². The van der Waals surface area contributed by atoms with Crippen LogP contribution < -0.4 is 31.2 Å². The normalized spacial score (nSPS) is 17.3. The van der Waals surface area contributed by atoms with Gasteiger partial charge in [-0.25, -0.2) is 0 Å². The van der Waals surface area contributed by atoms with Crippen molar-refractivity contribution in [2.45, 2.75) is 50.6 Å². The SMILES string of the molecule is COc1ccc(-c2ccc(C(=O)N[C@@H](CC(C)C)C(=O)N[C@@H](C[C@@H]3CCNC3=O)C(N)S)cc2)cc1OC. The van der Waals surface area contributed by atoms with Crippen LogP contribution in [-0.4, -0.2) is 55.9 Å². The minimum atomic E-state index is -0.764. The summed E-state index contributed by atoms with van der Waals surface area (Å²) in [5.74, 6) is 0.440. The van der Waals surface area contributed by atoms with Crippen LogP contribution in [0.2, 0.25) is 0 Å². The molecule has 0 aromatic heterocycles. The van der Waals surface area contributed by atoms with Crippen molar-refractivity contribution in [1.82, 2.24) is 16.0 Å². The third-order valence-electron chi connectivity index (χ3n) is 6.63. The highest BCUT2D eigenvalue weighted by atomic mass is 32.1. The summed E-state index contributed by atoms with van der Waals surface area (Å²) in [6, 6.07) is 11.5. The zero-order valence-electron chi connectivity index (χ0n) is 22.3. The number of benzene rings is 2. The Labute approximate surface area is 229 Å². The van der Waals surface area contributed by atoms with Crippen molar-refractivity contribution < 1.29 is 23.9 Å². The van der Waals surface area contributed by atoms with E-state index in [9.17, 15) is 14.4 Å². The van der Waals surface area contributed by atoms with Gasteiger partial charge in [-0.1, -0.05) is 32.0 Å². The summed E-state index contributed by atoms with van der Waals surface area (Å²) in [5.41, 5.74) is 8.26. The predicted octanol–water partition coefficient (Wildman–Crippen LogP) is 2.74. The number of carbonyl (C=O) groups excluding carboxylic acids is 3. The highest BCUT2D eigenvalue weighted by molar-refractivity contribution is 7.80. The molecule has 0 saturated carbocycles. The van der Waals surface area contributed by atoms with Crippen LogP contribution >= 0.6 is 12.6 Å². The molecule has 0 bridgehead atoms. The summed E-state index contributed by atoms with van der Waals surface area (Å²) in [7, 11) is 3.16. The number of hydrogen-bond acceptors (Lipinski definition) is 7. The molecule has 38 heavy (non-hydrogen) atoms. The van der Waals surface area contributed by atoms with Crippen molar-refractivity contribution in [2.75, 3.05) is 20.8 Å². The molecule has 0 aliphatic carbocycles. The van der Waals surface area contributed by atoms with Gasteiger partial charge in [0.1, 0.15) is 6.04 Å². The van der Waals surface area contributed by atoms with Crippen LogP contribution in [0.1, 0.15) is 43.5 Å². The molecule has 2 aromatic rings. The Bertz CT molecular complexity index is 1120. The third-order valence-corrected chi connectivity index (χ3v) is 6.99. The highest BCUT2D eigenvalue weighted by Gasteiger charge is 2.32. The first-order valence-corrected chi connectivity index (χ1v) is 13.3. The zero-order chi connectivity index (χ0) is 27.8. The lowest BCUT2D eigenvalue weighted by atomic mass is 9.97. The van der Waals surface area contributed by atoms with Gasteiger partial charge < -0.3 is 31.2 Å². The molecule has 1 heterocycles. The molecule has 1 fully saturated rings. The molecule has 3 amide bonds. The van der Waals surface area contributed by atoms with E-state index in [1.807, 2.05) is 44.2 Å². The topological polar surface area (TPSA) is 132 Å². The molecule has 1 unspecified atom stereocenters. The number of methoxy groups -OCH3 is 2. The van der Waals surface area contributed by atoms with E-state index in [2.05, 4.69) is 28.6 Å². The highest BCUT2D eigenvalue weighted by Crippen LogP contribution is 2.32. The van der Waals surface area contributed by atoms with E-state index in [4.69, 9.17) is 15.2 Å². The van der Waals surface area contributed by atoms with E-state index in [1.54, 1.807) is 26.4 Å². The predicted molar refractivity (Wildman–Crippen MR) is 150 cm³/mol. The first-order valence-electron chi connectivity index (χ1n) is 12.8. The second-order valence-corrected chi connectivity index (χ2v) is 10.5. The fourth-order valence-electron chi connectivity index (χ4n) is 4.52. The minimum Gasteiger partial charge on any atom is -0.493 e. The van der Waals surface area contributed by atoms with Gasteiger partial charge in [0.2, 0.25) is 11.8 Å². The van der Waals surface area contributed by atoms with Gasteiger partial charge in [-0.2, -0.15) is 12.6 Å². The Hall–Kier alpha value is -3.24. The van der Waals surface area contributed by atoms with Crippen molar-refractivity contribution in [3.8, 4) is 22.6 Å². The van der Waals surface area contributed by atoms with Gasteiger partial charge in [0.15, 0.2) is 11.5 Å². The number of hydrogen-bond donors (Lipinski definition) is 5. The van der Waals surface area contributed by atoms with Crippen molar-refractivity contribution in [2.24, 2.45) is 17.6 Å². The van der Waals surface area contributed by atoms with Gasteiger partial charge in [0.05, 0.1) is 25.6 Å². The zero-order valence-corrected chi connectivity index (χ0v) is 23.2. The Morgan fingerprint density at radius 2 is 1.71 bits per heavy atom. The molecule has 10 heteroatoms. The molecular weight excluding hydrogens is 504 g/mol. The number of thiol groups is 1. The lowest BCUT2D eigenvalue weighted by molar-refractivity contribution is -0.126. The third kappa shape index (κ3) is 7.64. The van der Waals surface area contributed by atoms with E-state index in [1.165, 1.54) is 0 Å². The molecule has 4 atom stereocenters. The van der Waals surface area contributed by atoms with E-state index >= 15 is 0 Å². The summed E-state index contributed by atoms with van der Waals surface area (Å²) in [5, 5.41) is 7.94. The summed E-state index contributed by atoms with van der Waals surface area (Å²) in [6.07, 6.45) is 1.53. The van der Waals surface area contributed by atoms with Crippen LogP contribution in [0.25, 0.3) is 11.1 Å². The largest absolute Gasteiger partial charge is 0.493 e. The fourth-order valence-corrected chi connectivity index (χ4v) is 4.71. The number of nitrogens with two attached hydrogens (primary N) is 1. The lowest BCUT2D eigenvalue weighted by Gasteiger charge is -2.27. The Balaban J connectivity index is 1.70. The standard InChI is InChI=1S/C28H38N4O5S/c1-16(2)13-22(28(35)31-21(25(29)38)14-20-11-12-30-26(20)33)32-27(34)18-7-5-17(6-8-18)19-9-10-23(36-3)24(15-19)37-4/h5-10,15-16,20-22,25,38H,11-14,29H2,1-4H3,(H,30,33)(H,31,35)(H,32,34)/t20-,21-,22-,25?/m0/s1. The minimum absolute atomic E-state index is 0.0400. The van der Waals surface area contributed by atoms with Gasteiger partial charge in [-0.15, -0.1) is 0 Å². The average molecular weight is 543 g/mol. The fraction of sp³-hybridized carbons (Fsp3) is 0.464. The Morgan fingerprint density at radius 1 is 1.05 bits per heavy atom.